The zero-order valence-electron chi connectivity index (χ0n) is 13.5. The fourth-order valence-electron chi connectivity index (χ4n) is 3.45. The number of likely N-dealkylation sites (tertiary alicyclic amines) is 1. The molecule has 1 heterocycles. The quantitative estimate of drug-likeness (QED) is 0.866. The summed E-state index contributed by atoms with van der Waals surface area (Å²) in [5, 5.41) is 2.71. The maximum absolute atomic E-state index is 13.2. The van der Waals surface area contributed by atoms with Gasteiger partial charge in [-0.1, -0.05) is 13.0 Å². The molecule has 2 aliphatic rings. The van der Waals surface area contributed by atoms with Gasteiger partial charge in [0.2, 0.25) is 11.8 Å². The zero-order valence-corrected chi connectivity index (χ0v) is 13.5. The van der Waals surface area contributed by atoms with Crippen LogP contribution in [-0.2, 0) is 9.59 Å². The van der Waals surface area contributed by atoms with Crippen LogP contribution < -0.4 is 5.32 Å². The second-order valence-electron chi connectivity index (χ2n) is 6.60. The van der Waals surface area contributed by atoms with Gasteiger partial charge in [0.1, 0.15) is 11.2 Å². The molecule has 0 radical (unpaired) electrons. The van der Waals surface area contributed by atoms with Crippen LogP contribution in [0.15, 0.2) is 24.3 Å². The number of hydrogen-bond acceptors (Lipinski definition) is 2. The topological polar surface area (TPSA) is 49.4 Å². The summed E-state index contributed by atoms with van der Waals surface area (Å²) in [6, 6.07) is 6.03. The van der Waals surface area contributed by atoms with E-state index < -0.39 is 11.2 Å². The normalized spacial score (nSPS) is 22.5. The van der Waals surface area contributed by atoms with Gasteiger partial charge >= 0.3 is 0 Å². The molecule has 0 aromatic heterocycles. The summed E-state index contributed by atoms with van der Waals surface area (Å²) in [6.07, 6.45) is 5.26. The maximum Gasteiger partial charge on any atom is 0.240 e. The van der Waals surface area contributed by atoms with Crippen LogP contribution in [0.3, 0.4) is 0 Å². The average molecular weight is 318 g/mol. The van der Waals surface area contributed by atoms with E-state index in [9.17, 15) is 14.0 Å². The van der Waals surface area contributed by atoms with Crippen molar-refractivity contribution >= 4 is 17.5 Å². The van der Waals surface area contributed by atoms with Gasteiger partial charge in [-0.05, 0) is 56.7 Å². The number of amides is 2. The van der Waals surface area contributed by atoms with Crippen LogP contribution in [0.4, 0.5) is 10.1 Å². The van der Waals surface area contributed by atoms with Crippen molar-refractivity contribution in [1.82, 2.24) is 4.90 Å². The third-order valence-corrected chi connectivity index (χ3v) is 5.04. The molecule has 1 aromatic carbocycles. The fourth-order valence-corrected chi connectivity index (χ4v) is 3.45. The Hall–Kier alpha value is -1.91. The Kier molecular flexibility index (Phi) is 4.37. The van der Waals surface area contributed by atoms with Crippen LogP contribution in [0.1, 0.15) is 45.4 Å². The van der Waals surface area contributed by atoms with Crippen molar-refractivity contribution in [3.05, 3.63) is 30.1 Å². The molecule has 1 aromatic rings. The minimum absolute atomic E-state index is 0.0436. The van der Waals surface area contributed by atoms with E-state index in [1.165, 1.54) is 12.1 Å². The molecule has 1 atom stereocenters. The molecule has 4 nitrogen and oxygen atoms in total. The van der Waals surface area contributed by atoms with Gasteiger partial charge in [0.15, 0.2) is 0 Å². The van der Waals surface area contributed by atoms with Crippen molar-refractivity contribution in [2.24, 2.45) is 5.41 Å². The molecule has 1 unspecified atom stereocenters. The number of hydrogen-bond donors (Lipinski definition) is 1. The standard InChI is InChI=1S/C18H23FN2O2/c1-2-15-8-3-4-11-21(15)17(23)18(9-10-18)16(22)20-14-7-5-6-13(19)12-14/h5-7,12,15H,2-4,8-11H2,1H3,(H,20,22). The third kappa shape index (κ3) is 3.09. The molecule has 1 aliphatic carbocycles. The van der Waals surface area contributed by atoms with Crippen molar-refractivity contribution in [1.29, 1.82) is 0 Å². The lowest BCUT2D eigenvalue weighted by atomic mass is 9.95. The lowest BCUT2D eigenvalue weighted by Crippen LogP contribution is -2.49. The lowest BCUT2D eigenvalue weighted by Gasteiger charge is -2.37. The van der Waals surface area contributed by atoms with Gasteiger partial charge in [0.05, 0.1) is 0 Å². The summed E-state index contributed by atoms with van der Waals surface area (Å²) in [5.41, 5.74) is -0.531. The van der Waals surface area contributed by atoms with E-state index in [1.54, 1.807) is 12.1 Å². The molecular formula is C18H23FN2O2. The van der Waals surface area contributed by atoms with Crippen molar-refractivity contribution in [2.75, 3.05) is 11.9 Å². The fraction of sp³-hybridized carbons (Fsp3) is 0.556. The molecular weight excluding hydrogens is 295 g/mol. The van der Waals surface area contributed by atoms with E-state index in [0.29, 0.717) is 18.5 Å². The number of halogens is 1. The van der Waals surface area contributed by atoms with Gasteiger partial charge < -0.3 is 10.2 Å². The Morgan fingerprint density at radius 2 is 2.13 bits per heavy atom. The Morgan fingerprint density at radius 3 is 2.78 bits per heavy atom. The van der Waals surface area contributed by atoms with Gasteiger partial charge in [0, 0.05) is 18.3 Å². The molecule has 2 fully saturated rings. The predicted molar refractivity (Wildman–Crippen MR) is 86.3 cm³/mol. The van der Waals surface area contributed by atoms with Crippen LogP contribution >= 0.6 is 0 Å². The third-order valence-electron chi connectivity index (χ3n) is 5.04. The summed E-state index contributed by atoms with van der Waals surface area (Å²) in [5.74, 6) is -0.743. The van der Waals surface area contributed by atoms with Crippen LogP contribution in [0.2, 0.25) is 0 Å². The lowest BCUT2D eigenvalue weighted by molar-refractivity contribution is -0.145. The van der Waals surface area contributed by atoms with Crippen molar-refractivity contribution in [3.8, 4) is 0 Å². The van der Waals surface area contributed by atoms with Gasteiger partial charge in [-0.25, -0.2) is 4.39 Å². The van der Waals surface area contributed by atoms with Crippen molar-refractivity contribution in [2.45, 2.75) is 51.5 Å². The van der Waals surface area contributed by atoms with Crippen molar-refractivity contribution < 1.29 is 14.0 Å². The molecule has 1 aliphatic heterocycles. The first kappa shape index (κ1) is 16.0. The van der Waals surface area contributed by atoms with Crippen LogP contribution in [0.25, 0.3) is 0 Å². The Bertz CT molecular complexity index is 613. The summed E-state index contributed by atoms with van der Waals surface area (Å²) in [7, 11) is 0. The number of piperidine rings is 1. The number of rotatable bonds is 4. The average Bonchev–Trinajstić information content (AvgIpc) is 3.36. The zero-order chi connectivity index (χ0) is 16.4. The molecule has 0 spiro atoms. The first-order valence-electron chi connectivity index (χ1n) is 8.45. The molecule has 5 heteroatoms. The SMILES string of the molecule is CCC1CCCCN1C(=O)C1(C(=O)Nc2cccc(F)c2)CC1. The van der Waals surface area contributed by atoms with Crippen LogP contribution in [0, 0.1) is 11.2 Å². The highest BCUT2D eigenvalue weighted by atomic mass is 19.1. The number of carbonyl (C=O) groups excluding carboxylic acids is 2. The second kappa shape index (κ2) is 6.30. The van der Waals surface area contributed by atoms with Crippen LogP contribution in [0.5, 0.6) is 0 Å². The van der Waals surface area contributed by atoms with Crippen LogP contribution in [-0.4, -0.2) is 29.3 Å². The van der Waals surface area contributed by atoms with E-state index >= 15 is 0 Å². The van der Waals surface area contributed by atoms with E-state index in [-0.39, 0.29) is 17.9 Å². The maximum atomic E-state index is 13.2. The molecule has 1 saturated heterocycles. The number of benzene rings is 1. The van der Waals surface area contributed by atoms with E-state index in [2.05, 4.69) is 12.2 Å². The van der Waals surface area contributed by atoms with E-state index in [4.69, 9.17) is 0 Å². The Labute approximate surface area is 136 Å². The Morgan fingerprint density at radius 1 is 1.35 bits per heavy atom. The van der Waals surface area contributed by atoms with Gasteiger partial charge in [-0.15, -0.1) is 0 Å². The number of nitrogens with zero attached hydrogens (tertiary/aromatic N) is 1. The largest absolute Gasteiger partial charge is 0.339 e. The number of carbonyl (C=O) groups is 2. The molecule has 1 saturated carbocycles. The summed E-state index contributed by atoms with van der Waals surface area (Å²) >= 11 is 0. The molecule has 3 rings (SSSR count). The van der Waals surface area contributed by atoms with E-state index in [0.717, 1.165) is 32.2 Å². The van der Waals surface area contributed by atoms with E-state index in [1.807, 2.05) is 4.90 Å². The monoisotopic (exact) mass is 318 g/mol. The highest BCUT2D eigenvalue weighted by Crippen LogP contribution is 2.49. The second-order valence-corrected chi connectivity index (χ2v) is 6.60. The molecule has 1 N–H and O–H groups in total. The highest BCUT2D eigenvalue weighted by molar-refractivity contribution is 6.13. The first-order valence-corrected chi connectivity index (χ1v) is 8.45. The summed E-state index contributed by atoms with van der Waals surface area (Å²) in [4.78, 5) is 27.5. The molecule has 23 heavy (non-hydrogen) atoms. The smallest absolute Gasteiger partial charge is 0.240 e. The highest BCUT2D eigenvalue weighted by Gasteiger charge is 2.58. The number of anilines is 1. The molecule has 124 valence electrons. The minimum atomic E-state index is -0.933. The van der Waals surface area contributed by atoms with Gasteiger partial charge in [-0.2, -0.15) is 0 Å². The first-order chi connectivity index (χ1) is 11.1. The summed E-state index contributed by atoms with van der Waals surface area (Å²) < 4.78 is 13.2. The molecule has 2 amide bonds. The molecule has 0 bridgehead atoms. The predicted octanol–water partition coefficient (Wildman–Crippen LogP) is 3.34. The minimum Gasteiger partial charge on any atom is -0.339 e. The number of nitrogens with one attached hydrogen (secondary N) is 1. The summed E-state index contributed by atoms with van der Waals surface area (Å²) in [6.45, 7) is 2.83. The Balaban J connectivity index is 1.73. The van der Waals surface area contributed by atoms with Gasteiger partial charge in [-0.3, -0.25) is 9.59 Å². The van der Waals surface area contributed by atoms with Crippen molar-refractivity contribution in [3.63, 3.8) is 0 Å². The van der Waals surface area contributed by atoms with Gasteiger partial charge in [0.25, 0.3) is 0 Å².